The molecule has 72 valence electrons. The molecule has 4 nitrogen and oxygen atoms in total. The number of aromatic nitrogens is 2. The second-order valence-electron chi connectivity index (χ2n) is 2.99. The second kappa shape index (κ2) is 3.43. The normalized spacial score (nSPS) is 26.4. The van der Waals surface area contributed by atoms with Crippen LogP contribution in [-0.2, 0) is 9.84 Å². The lowest BCUT2D eigenvalue weighted by Crippen LogP contribution is -2.03. The Balaban J connectivity index is 2.21. The van der Waals surface area contributed by atoms with Gasteiger partial charge in [-0.05, 0) is 29.0 Å². The maximum Gasteiger partial charge on any atom is 0.178 e. The molecule has 1 aliphatic rings. The number of halogens is 1. The highest BCUT2D eigenvalue weighted by molar-refractivity contribution is 14.1. The maximum absolute atomic E-state index is 11.2. The lowest BCUT2D eigenvalue weighted by atomic mass is 10.1. The second-order valence-corrected chi connectivity index (χ2v) is 7.98. The molecule has 0 N–H and O–H groups in total. The van der Waals surface area contributed by atoms with E-state index in [4.69, 9.17) is 0 Å². The summed E-state index contributed by atoms with van der Waals surface area (Å²) < 4.78 is 23.2. The first-order valence-corrected chi connectivity index (χ1v) is 7.48. The van der Waals surface area contributed by atoms with Crippen molar-refractivity contribution in [2.45, 2.75) is 12.3 Å². The van der Waals surface area contributed by atoms with E-state index in [0.29, 0.717) is 12.2 Å². The molecule has 1 aliphatic heterocycles. The smallest absolute Gasteiger partial charge is 0.178 e. The van der Waals surface area contributed by atoms with Gasteiger partial charge in [-0.25, -0.2) is 8.42 Å². The molecule has 1 aromatic heterocycles. The van der Waals surface area contributed by atoms with E-state index in [2.05, 4.69) is 32.8 Å². The SMILES string of the molecule is O=S1(=O)CCC(c2nnc(I)s2)C1. The molecule has 0 bridgehead atoms. The van der Waals surface area contributed by atoms with E-state index in [1.807, 2.05) is 0 Å². The standard InChI is InChI=1S/C6H7IN2O2S2/c7-6-9-8-5(12-6)4-1-2-13(10,11)3-4/h4H,1-3H2. The van der Waals surface area contributed by atoms with Crippen LogP contribution in [0.15, 0.2) is 0 Å². The van der Waals surface area contributed by atoms with Crippen molar-refractivity contribution in [2.24, 2.45) is 0 Å². The average Bonchev–Trinajstić information content (AvgIpc) is 2.56. The third-order valence-electron chi connectivity index (χ3n) is 2.00. The molecule has 0 aliphatic carbocycles. The molecule has 0 aromatic carbocycles. The first kappa shape index (κ1) is 9.78. The van der Waals surface area contributed by atoms with Crippen LogP contribution in [0.3, 0.4) is 0 Å². The summed E-state index contributed by atoms with van der Waals surface area (Å²) >= 11 is 3.58. The van der Waals surface area contributed by atoms with E-state index in [1.165, 1.54) is 11.3 Å². The van der Waals surface area contributed by atoms with E-state index < -0.39 is 9.84 Å². The van der Waals surface area contributed by atoms with Crippen molar-refractivity contribution in [2.75, 3.05) is 11.5 Å². The molecule has 1 saturated heterocycles. The summed E-state index contributed by atoms with van der Waals surface area (Å²) in [6.45, 7) is 0. The highest BCUT2D eigenvalue weighted by atomic mass is 127. The Bertz CT molecular complexity index is 414. The van der Waals surface area contributed by atoms with Gasteiger partial charge >= 0.3 is 0 Å². The molecule has 13 heavy (non-hydrogen) atoms. The largest absolute Gasteiger partial charge is 0.229 e. The van der Waals surface area contributed by atoms with Gasteiger partial charge < -0.3 is 0 Å². The number of hydrogen-bond acceptors (Lipinski definition) is 5. The lowest BCUT2D eigenvalue weighted by molar-refractivity contribution is 0.601. The Hall–Kier alpha value is 0.240. The van der Waals surface area contributed by atoms with Gasteiger partial charge in [0.2, 0.25) is 0 Å². The van der Waals surface area contributed by atoms with Crippen LogP contribution in [0.25, 0.3) is 0 Å². The Morgan fingerprint density at radius 1 is 1.46 bits per heavy atom. The summed E-state index contributed by atoms with van der Waals surface area (Å²) in [7, 11) is -2.80. The monoisotopic (exact) mass is 330 g/mol. The number of nitrogens with zero attached hydrogens (tertiary/aromatic N) is 2. The zero-order valence-electron chi connectivity index (χ0n) is 6.60. The van der Waals surface area contributed by atoms with Crippen LogP contribution in [0.5, 0.6) is 0 Å². The summed E-state index contributed by atoms with van der Waals surface area (Å²) in [5.74, 6) is 0.637. The average molecular weight is 330 g/mol. The van der Waals surface area contributed by atoms with Crippen LogP contribution in [0, 0.1) is 3.01 Å². The van der Waals surface area contributed by atoms with Gasteiger partial charge in [0, 0.05) is 5.92 Å². The molecule has 0 saturated carbocycles. The topological polar surface area (TPSA) is 59.9 Å². The molecular weight excluding hydrogens is 323 g/mol. The van der Waals surface area contributed by atoms with Gasteiger partial charge in [0.25, 0.3) is 0 Å². The van der Waals surface area contributed by atoms with E-state index in [9.17, 15) is 8.42 Å². The van der Waals surface area contributed by atoms with Crippen molar-refractivity contribution < 1.29 is 8.42 Å². The van der Waals surface area contributed by atoms with Gasteiger partial charge in [-0.3, -0.25) is 0 Å². The summed E-state index contributed by atoms with van der Waals surface area (Å²) in [5.41, 5.74) is 0. The van der Waals surface area contributed by atoms with Crippen LogP contribution < -0.4 is 0 Å². The van der Waals surface area contributed by atoms with Crippen LogP contribution in [0.2, 0.25) is 0 Å². The van der Waals surface area contributed by atoms with Gasteiger partial charge in [-0.15, -0.1) is 10.2 Å². The fourth-order valence-electron chi connectivity index (χ4n) is 1.37. The Labute approximate surface area is 93.8 Å². The van der Waals surface area contributed by atoms with Crippen molar-refractivity contribution >= 4 is 43.8 Å². The minimum absolute atomic E-state index is 0.0889. The Morgan fingerprint density at radius 3 is 2.69 bits per heavy atom. The van der Waals surface area contributed by atoms with Crippen molar-refractivity contribution in [3.05, 3.63) is 8.02 Å². The molecule has 2 heterocycles. The zero-order valence-corrected chi connectivity index (χ0v) is 10.4. The van der Waals surface area contributed by atoms with Crippen LogP contribution in [-0.4, -0.2) is 30.1 Å². The molecule has 0 amide bonds. The molecule has 1 fully saturated rings. The molecule has 0 radical (unpaired) electrons. The summed E-state index contributed by atoms with van der Waals surface area (Å²) in [4.78, 5) is 0. The fourth-order valence-corrected chi connectivity index (χ4v) is 4.71. The minimum Gasteiger partial charge on any atom is -0.229 e. The molecule has 2 rings (SSSR count). The predicted molar refractivity (Wildman–Crippen MR) is 58.6 cm³/mol. The third kappa shape index (κ3) is 2.18. The predicted octanol–water partition coefficient (Wildman–Crippen LogP) is 1.04. The van der Waals surface area contributed by atoms with E-state index >= 15 is 0 Å². The van der Waals surface area contributed by atoms with Crippen molar-refractivity contribution in [1.82, 2.24) is 10.2 Å². The van der Waals surface area contributed by atoms with Crippen LogP contribution >= 0.6 is 33.9 Å². The highest BCUT2D eigenvalue weighted by Crippen LogP contribution is 2.30. The number of rotatable bonds is 1. The van der Waals surface area contributed by atoms with Crippen molar-refractivity contribution in [3.8, 4) is 0 Å². The summed E-state index contributed by atoms with van der Waals surface area (Å²) in [6, 6.07) is 0. The number of hydrogen-bond donors (Lipinski definition) is 0. The quantitative estimate of drug-likeness (QED) is 0.722. The van der Waals surface area contributed by atoms with Crippen molar-refractivity contribution in [3.63, 3.8) is 0 Å². The van der Waals surface area contributed by atoms with Crippen LogP contribution in [0.4, 0.5) is 0 Å². The van der Waals surface area contributed by atoms with E-state index in [-0.39, 0.29) is 11.7 Å². The molecule has 7 heteroatoms. The zero-order chi connectivity index (χ0) is 9.47. The fraction of sp³-hybridized carbons (Fsp3) is 0.667. The van der Waals surface area contributed by atoms with Gasteiger partial charge in [0.05, 0.1) is 11.5 Å². The Kier molecular flexibility index (Phi) is 2.58. The van der Waals surface area contributed by atoms with Gasteiger partial charge in [-0.2, -0.15) is 0 Å². The minimum atomic E-state index is -2.80. The Morgan fingerprint density at radius 2 is 2.23 bits per heavy atom. The van der Waals surface area contributed by atoms with E-state index in [0.717, 1.165) is 8.02 Å². The first-order valence-electron chi connectivity index (χ1n) is 3.76. The lowest BCUT2D eigenvalue weighted by Gasteiger charge is -1.98. The molecule has 0 spiro atoms. The van der Waals surface area contributed by atoms with Crippen LogP contribution in [0.1, 0.15) is 17.3 Å². The van der Waals surface area contributed by atoms with E-state index in [1.54, 1.807) is 0 Å². The molecule has 1 aromatic rings. The van der Waals surface area contributed by atoms with Gasteiger partial charge in [0.15, 0.2) is 12.9 Å². The van der Waals surface area contributed by atoms with Gasteiger partial charge in [-0.1, -0.05) is 11.3 Å². The highest BCUT2D eigenvalue weighted by Gasteiger charge is 2.31. The van der Waals surface area contributed by atoms with Gasteiger partial charge in [0.1, 0.15) is 5.01 Å². The number of sulfone groups is 1. The summed E-state index contributed by atoms with van der Waals surface area (Å²) in [6.07, 6.45) is 0.702. The van der Waals surface area contributed by atoms with Crippen molar-refractivity contribution in [1.29, 1.82) is 0 Å². The first-order chi connectivity index (χ1) is 6.07. The third-order valence-corrected chi connectivity index (χ3v) is 5.52. The molecule has 1 unspecified atom stereocenters. The molecule has 1 atom stereocenters. The molecular formula is C6H7IN2O2S2. The summed E-state index contributed by atoms with van der Waals surface area (Å²) in [5, 5.41) is 8.70. The maximum atomic E-state index is 11.2.